The lowest BCUT2D eigenvalue weighted by Crippen LogP contribution is -2.10. The molecule has 0 radical (unpaired) electrons. The summed E-state index contributed by atoms with van der Waals surface area (Å²) in [5, 5.41) is 31.0. The number of benzene rings is 3. The average molecular weight is 346 g/mol. The molecule has 0 saturated heterocycles. The summed E-state index contributed by atoms with van der Waals surface area (Å²) in [7, 11) is 0. The molecule has 5 rings (SSSR count). The van der Waals surface area contributed by atoms with Crippen LogP contribution in [0.15, 0.2) is 46.9 Å². The van der Waals surface area contributed by atoms with E-state index in [1.165, 1.54) is 0 Å². The Morgan fingerprint density at radius 3 is 2.35 bits per heavy atom. The zero-order valence-corrected chi connectivity index (χ0v) is 13.1. The Kier molecular flexibility index (Phi) is 2.59. The fourth-order valence-electron chi connectivity index (χ4n) is 3.71. The van der Waals surface area contributed by atoms with Crippen molar-refractivity contribution in [3.05, 3.63) is 59.2 Å². The summed E-state index contributed by atoms with van der Waals surface area (Å²) in [5.41, 5.74) is 0.668. The maximum Gasteiger partial charge on any atom is 0.340 e. The topological polar surface area (TPSA) is 108 Å². The van der Waals surface area contributed by atoms with Gasteiger partial charge >= 0.3 is 5.97 Å². The predicted octanol–water partition coefficient (Wildman–Crippen LogP) is 3.91. The maximum atomic E-state index is 13.1. The van der Waals surface area contributed by atoms with E-state index in [-0.39, 0.29) is 28.1 Å². The number of hydrogen-bond donors (Lipinski definition) is 3. The van der Waals surface area contributed by atoms with Crippen LogP contribution in [0.1, 0.15) is 26.3 Å². The van der Waals surface area contributed by atoms with Crippen LogP contribution < -0.4 is 0 Å². The zero-order valence-electron chi connectivity index (χ0n) is 13.1. The molecule has 0 saturated carbocycles. The second-order valence-electron chi connectivity index (χ2n) is 6.14. The van der Waals surface area contributed by atoms with Gasteiger partial charge in [0.15, 0.2) is 17.3 Å². The second kappa shape index (κ2) is 4.64. The summed E-state index contributed by atoms with van der Waals surface area (Å²) in [6, 6.07) is 11.9. The number of furan rings is 1. The van der Waals surface area contributed by atoms with Crippen molar-refractivity contribution < 1.29 is 29.3 Å². The third-order valence-corrected chi connectivity index (χ3v) is 4.77. The lowest BCUT2D eigenvalue weighted by atomic mass is 9.85. The van der Waals surface area contributed by atoms with Crippen molar-refractivity contribution in [1.82, 2.24) is 0 Å². The second-order valence-corrected chi connectivity index (χ2v) is 6.14. The van der Waals surface area contributed by atoms with Crippen LogP contribution in [0, 0.1) is 0 Å². The number of rotatable bonds is 1. The molecule has 1 aliphatic carbocycles. The Morgan fingerprint density at radius 1 is 0.962 bits per heavy atom. The highest BCUT2D eigenvalue weighted by Gasteiger charge is 2.34. The van der Waals surface area contributed by atoms with Gasteiger partial charge in [-0.1, -0.05) is 36.4 Å². The van der Waals surface area contributed by atoms with Gasteiger partial charge < -0.3 is 19.7 Å². The van der Waals surface area contributed by atoms with Crippen LogP contribution in [-0.4, -0.2) is 27.1 Å². The molecule has 0 fully saturated rings. The summed E-state index contributed by atoms with van der Waals surface area (Å²) in [4.78, 5) is 24.8. The number of aromatic hydroxyl groups is 2. The molecule has 1 aromatic heterocycles. The molecule has 1 aliphatic rings. The van der Waals surface area contributed by atoms with E-state index in [0.717, 1.165) is 16.8 Å². The van der Waals surface area contributed by atoms with Gasteiger partial charge in [-0.2, -0.15) is 0 Å². The Hall–Kier alpha value is -3.80. The molecule has 3 aromatic carbocycles. The Labute approximate surface area is 145 Å². The van der Waals surface area contributed by atoms with Crippen molar-refractivity contribution in [3.8, 4) is 22.8 Å². The smallest absolute Gasteiger partial charge is 0.340 e. The molecular formula is C20H10O6. The number of carboxylic acids is 1. The predicted molar refractivity (Wildman–Crippen MR) is 92.9 cm³/mol. The number of carbonyl (C=O) groups is 2. The molecule has 0 aliphatic heterocycles. The van der Waals surface area contributed by atoms with Crippen LogP contribution in [-0.2, 0) is 0 Å². The van der Waals surface area contributed by atoms with E-state index in [1.807, 2.05) is 18.2 Å². The van der Waals surface area contributed by atoms with Crippen molar-refractivity contribution in [1.29, 1.82) is 0 Å². The first-order chi connectivity index (χ1) is 12.5. The first-order valence-corrected chi connectivity index (χ1v) is 7.80. The number of carboxylic acid groups (broad SMARTS) is 1. The normalized spacial score (nSPS) is 12.5. The summed E-state index contributed by atoms with van der Waals surface area (Å²) in [6.07, 6.45) is 0. The lowest BCUT2D eigenvalue weighted by molar-refractivity contribution is 0.0695. The summed E-state index contributed by atoms with van der Waals surface area (Å²) in [5.74, 6) is -3.02. The largest absolute Gasteiger partial charge is 0.504 e. The number of hydrogen-bond acceptors (Lipinski definition) is 5. The van der Waals surface area contributed by atoms with E-state index in [0.29, 0.717) is 11.1 Å². The van der Waals surface area contributed by atoms with E-state index >= 15 is 0 Å². The standard InChI is InChI=1S/C20H10O6/c21-11-7-12-14(16(18(11)23)20(24)25)15-17(22)9-5-1-3-8-4-2-6-10(13(8)9)19(15)26-12/h1-7,21,23H,(H,24,25). The number of fused-ring (bicyclic) bond motifs is 4. The quantitative estimate of drug-likeness (QED) is 0.397. The molecule has 1 heterocycles. The molecular weight excluding hydrogens is 336 g/mol. The van der Waals surface area contributed by atoms with Crippen molar-refractivity contribution in [2.45, 2.75) is 0 Å². The molecule has 126 valence electrons. The summed E-state index contributed by atoms with van der Waals surface area (Å²) < 4.78 is 5.78. The summed E-state index contributed by atoms with van der Waals surface area (Å²) in [6.45, 7) is 0. The van der Waals surface area contributed by atoms with Gasteiger partial charge in [0.25, 0.3) is 0 Å². The molecule has 4 aromatic rings. The fraction of sp³-hybridized carbons (Fsp3) is 0. The highest BCUT2D eigenvalue weighted by atomic mass is 16.4. The highest BCUT2D eigenvalue weighted by molar-refractivity contribution is 6.31. The summed E-state index contributed by atoms with van der Waals surface area (Å²) >= 11 is 0. The van der Waals surface area contributed by atoms with Crippen molar-refractivity contribution in [2.24, 2.45) is 0 Å². The van der Waals surface area contributed by atoms with Gasteiger partial charge in [-0.15, -0.1) is 0 Å². The molecule has 3 N–H and O–H groups in total. The van der Waals surface area contributed by atoms with Crippen molar-refractivity contribution in [2.75, 3.05) is 0 Å². The molecule has 0 spiro atoms. The van der Waals surface area contributed by atoms with E-state index in [1.54, 1.807) is 18.2 Å². The molecule has 6 heteroatoms. The van der Waals surface area contributed by atoms with Crippen LogP contribution in [0.3, 0.4) is 0 Å². The van der Waals surface area contributed by atoms with Crippen LogP contribution >= 0.6 is 0 Å². The number of carbonyl (C=O) groups excluding carboxylic acids is 1. The van der Waals surface area contributed by atoms with Gasteiger partial charge in [0.2, 0.25) is 0 Å². The van der Waals surface area contributed by atoms with Gasteiger partial charge in [0, 0.05) is 22.6 Å². The van der Waals surface area contributed by atoms with E-state index in [4.69, 9.17) is 4.42 Å². The van der Waals surface area contributed by atoms with Crippen LogP contribution in [0.5, 0.6) is 11.5 Å². The number of ketones is 1. The Morgan fingerprint density at radius 2 is 1.65 bits per heavy atom. The highest BCUT2D eigenvalue weighted by Crippen LogP contribution is 2.47. The van der Waals surface area contributed by atoms with E-state index in [9.17, 15) is 24.9 Å². The number of aromatic carboxylic acids is 1. The fourth-order valence-corrected chi connectivity index (χ4v) is 3.71. The minimum Gasteiger partial charge on any atom is -0.504 e. The molecule has 26 heavy (non-hydrogen) atoms. The Bertz CT molecular complexity index is 1290. The van der Waals surface area contributed by atoms with Crippen LogP contribution in [0.4, 0.5) is 0 Å². The van der Waals surface area contributed by atoms with Gasteiger partial charge in [-0.3, -0.25) is 4.79 Å². The molecule has 0 amide bonds. The zero-order chi connectivity index (χ0) is 18.2. The minimum absolute atomic E-state index is 0.0145. The number of phenolic OH excluding ortho intramolecular Hbond substituents is 1. The van der Waals surface area contributed by atoms with Gasteiger partial charge in [-0.25, -0.2) is 4.79 Å². The average Bonchev–Trinajstić information content (AvgIpc) is 2.99. The van der Waals surface area contributed by atoms with Gasteiger partial charge in [0.1, 0.15) is 16.9 Å². The van der Waals surface area contributed by atoms with Gasteiger partial charge in [-0.05, 0) is 5.39 Å². The molecule has 0 unspecified atom stereocenters. The third-order valence-electron chi connectivity index (χ3n) is 4.77. The first kappa shape index (κ1) is 14.5. The minimum atomic E-state index is -1.46. The van der Waals surface area contributed by atoms with Crippen molar-refractivity contribution in [3.63, 3.8) is 0 Å². The number of phenols is 2. The third kappa shape index (κ3) is 1.60. The van der Waals surface area contributed by atoms with E-state index < -0.39 is 23.0 Å². The molecule has 0 bridgehead atoms. The van der Waals surface area contributed by atoms with Crippen molar-refractivity contribution >= 4 is 33.5 Å². The first-order valence-electron chi connectivity index (χ1n) is 7.80. The van der Waals surface area contributed by atoms with Crippen LogP contribution in [0.25, 0.3) is 33.1 Å². The maximum absolute atomic E-state index is 13.1. The Balaban J connectivity index is 2.03. The van der Waals surface area contributed by atoms with Gasteiger partial charge in [0.05, 0.1) is 10.9 Å². The SMILES string of the molecule is O=C1c2cccc3cccc(c23)-c2oc3cc(O)c(O)c(C(=O)O)c3c21. The van der Waals surface area contributed by atoms with Crippen LogP contribution in [0.2, 0.25) is 0 Å². The van der Waals surface area contributed by atoms with E-state index in [2.05, 4.69) is 0 Å². The molecule has 6 nitrogen and oxygen atoms in total. The monoisotopic (exact) mass is 346 g/mol. The molecule has 0 atom stereocenters. The lowest BCUT2D eigenvalue weighted by Gasteiger charge is -2.16.